The third kappa shape index (κ3) is 3.71. The van der Waals surface area contributed by atoms with E-state index in [1.54, 1.807) is 31.0 Å². The average molecular weight is 451 g/mol. The van der Waals surface area contributed by atoms with E-state index in [1.165, 1.54) is 10.4 Å². The maximum Gasteiger partial charge on any atom is 0.226 e. The van der Waals surface area contributed by atoms with Gasteiger partial charge in [0.25, 0.3) is 0 Å². The fourth-order valence-corrected chi connectivity index (χ4v) is 5.68. The van der Waals surface area contributed by atoms with Gasteiger partial charge >= 0.3 is 0 Å². The van der Waals surface area contributed by atoms with Gasteiger partial charge in [-0.2, -0.15) is 5.10 Å². The summed E-state index contributed by atoms with van der Waals surface area (Å²) < 4.78 is 7.05. The number of pyridine rings is 1. The standard InChI is InChI=1S/C23H26N6O2S/c1-14(12-31-3)28(2)23(30)15-4-5-18-19(10-15)32-22-20(18)21(24-13-25-22)27-16-7-9-29-17(11-16)6-8-26-29/h6-9,11,13-15H,4-5,10,12H2,1-3H3,(H,24,25,27)/t14-,15?/m0/s1. The minimum Gasteiger partial charge on any atom is -0.383 e. The number of hydrogen-bond donors (Lipinski definition) is 1. The quantitative estimate of drug-likeness (QED) is 0.482. The summed E-state index contributed by atoms with van der Waals surface area (Å²) in [7, 11) is 3.54. The maximum atomic E-state index is 13.1. The van der Waals surface area contributed by atoms with Gasteiger partial charge in [0.1, 0.15) is 17.0 Å². The zero-order valence-corrected chi connectivity index (χ0v) is 19.2. The first-order valence-electron chi connectivity index (χ1n) is 10.8. The number of rotatable bonds is 6. The molecule has 4 aromatic heterocycles. The molecule has 2 atom stereocenters. The lowest BCUT2D eigenvalue weighted by Gasteiger charge is -2.30. The van der Waals surface area contributed by atoms with Crippen molar-refractivity contribution < 1.29 is 9.53 Å². The minimum atomic E-state index is -0.00601. The molecule has 8 nitrogen and oxygen atoms in total. The van der Waals surface area contributed by atoms with Crippen LogP contribution in [0.25, 0.3) is 15.7 Å². The van der Waals surface area contributed by atoms with Crippen LogP contribution < -0.4 is 5.32 Å². The highest BCUT2D eigenvalue weighted by Gasteiger charge is 2.31. The fraction of sp³-hybridized carbons (Fsp3) is 0.391. The Morgan fingerprint density at radius 1 is 1.41 bits per heavy atom. The molecule has 1 aliphatic rings. The van der Waals surface area contributed by atoms with Crippen LogP contribution >= 0.6 is 11.3 Å². The summed E-state index contributed by atoms with van der Waals surface area (Å²) in [5.74, 6) is 0.997. The minimum absolute atomic E-state index is 0.00601. The second kappa shape index (κ2) is 8.48. The van der Waals surface area contributed by atoms with Crippen molar-refractivity contribution >= 4 is 44.5 Å². The van der Waals surface area contributed by atoms with Crippen molar-refractivity contribution in [2.24, 2.45) is 5.92 Å². The number of nitrogens with one attached hydrogen (secondary N) is 1. The Morgan fingerprint density at radius 2 is 2.28 bits per heavy atom. The Labute approximate surface area is 190 Å². The van der Waals surface area contributed by atoms with Gasteiger partial charge in [-0.05, 0) is 49.9 Å². The maximum absolute atomic E-state index is 13.1. The van der Waals surface area contributed by atoms with Crippen LogP contribution in [-0.4, -0.2) is 57.2 Å². The van der Waals surface area contributed by atoms with E-state index in [0.29, 0.717) is 6.61 Å². The van der Waals surface area contributed by atoms with Crippen molar-refractivity contribution in [3.63, 3.8) is 0 Å². The number of fused-ring (bicyclic) bond motifs is 4. The summed E-state index contributed by atoms with van der Waals surface area (Å²) in [4.78, 5) is 26.2. The molecule has 0 spiro atoms. The summed E-state index contributed by atoms with van der Waals surface area (Å²) in [6.45, 7) is 2.56. The van der Waals surface area contributed by atoms with Gasteiger partial charge in [0.05, 0.1) is 23.6 Å². The van der Waals surface area contributed by atoms with E-state index in [4.69, 9.17) is 4.74 Å². The number of amides is 1. The first kappa shape index (κ1) is 20.8. The number of hydrogen-bond acceptors (Lipinski definition) is 7. The number of methoxy groups -OCH3 is 1. The molecule has 0 radical (unpaired) electrons. The summed E-state index contributed by atoms with van der Waals surface area (Å²) in [5.41, 5.74) is 3.24. The van der Waals surface area contributed by atoms with Gasteiger partial charge in [-0.1, -0.05) is 0 Å². The van der Waals surface area contributed by atoms with E-state index in [9.17, 15) is 4.79 Å². The number of anilines is 2. The molecule has 9 heteroatoms. The van der Waals surface area contributed by atoms with E-state index in [-0.39, 0.29) is 17.9 Å². The van der Waals surface area contributed by atoms with Crippen LogP contribution in [0, 0.1) is 5.92 Å². The second-order valence-electron chi connectivity index (χ2n) is 8.34. The molecular weight excluding hydrogens is 424 g/mol. The predicted octanol–water partition coefficient (Wildman–Crippen LogP) is 3.68. The number of thiophene rings is 1. The lowest BCUT2D eigenvalue weighted by atomic mass is 9.86. The fourth-order valence-electron chi connectivity index (χ4n) is 4.41. The van der Waals surface area contributed by atoms with Crippen molar-refractivity contribution in [2.75, 3.05) is 26.1 Å². The van der Waals surface area contributed by atoms with Crippen LogP contribution in [0.5, 0.6) is 0 Å². The highest BCUT2D eigenvalue weighted by atomic mass is 32.1. The molecule has 0 saturated carbocycles. The van der Waals surface area contributed by atoms with Crippen LogP contribution in [0.3, 0.4) is 0 Å². The van der Waals surface area contributed by atoms with Crippen LogP contribution in [0.1, 0.15) is 23.8 Å². The van der Waals surface area contributed by atoms with Gasteiger partial charge in [-0.15, -0.1) is 11.3 Å². The van der Waals surface area contributed by atoms with Crippen molar-refractivity contribution in [1.29, 1.82) is 0 Å². The van der Waals surface area contributed by atoms with E-state index in [0.717, 1.165) is 46.5 Å². The Morgan fingerprint density at radius 3 is 3.12 bits per heavy atom. The van der Waals surface area contributed by atoms with Crippen LogP contribution in [-0.2, 0) is 22.4 Å². The smallest absolute Gasteiger partial charge is 0.226 e. The van der Waals surface area contributed by atoms with Gasteiger partial charge in [-0.3, -0.25) is 4.79 Å². The summed E-state index contributed by atoms with van der Waals surface area (Å²) in [6, 6.07) is 6.06. The van der Waals surface area contributed by atoms with Crippen molar-refractivity contribution in [3.05, 3.63) is 47.4 Å². The number of likely N-dealkylation sites (N-methyl/N-ethyl adjacent to an activating group) is 1. The Kier molecular flexibility index (Phi) is 5.52. The molecule has 4 heterocycles. The molecule has 5 rings (SSSR count). The number of nitrogens with zero attached hydrogens (tertiary/aromatic N) is 5. The number of ether oxygens (including phenoxy) is 1. The van der Waals surface area contributed by atoms with Gasteiger partial charge < -0.3 is 15.0 Å². The Balaban J connectivity index is 1.42. The highest BCUT2D eigenvalue weighted by Crippen LogP contribution is 2.40. The zero-order valence-electron chi connectivity index (χ0n) is 18.4. The molecule has 0 aromatic carbocycles. The van der Waals surface area contributed by atoms with Crippen LogP contribution in [0.15, 0.2) is 36.9 Å². The van der Waals surface area contributed by atoms with Crippen molar-refractivity contribution in [3.8, 4) is 0 Å². The van der Waals surface area contributed by atoms with Gasteiger partial charge in [0.2, 0.25) is 5.91 Å². The van der Waals surface area contributed by atoms with Crippen molar-refractivity contribution in [2.45, 2.75) is 32.2 Å². The molecule has 4 aromatic rings. The molecule has 0 aliphatic heterocycles. The molecule has 32 heavy (non-hydrogen) atoms. The molecule has 0 saturated heterocycles. The average Bonchev–Trinajstić information content (AvgIpc) is 3.42. The Hall–Kier alpha value is -3.04. The Bertz CT molecular complexity index is 1280. The van der Waals surface area contributed by atoms with Gasteiger partial charge in [0, 0.05) is 43.0 Å². The third-order valence-electron chi connectivity index (χ3n) is 6.27. The molecule has 0 bridgehead atoms. The van der Waals surface area contributed by atoms with Crippen molar-refractivity contribution in [1.82, 2.24) is 24.5 Å². The molecule has 166 valence electrons. The number of aryl methyl sites for hydroxylation is 1. The second-order valence-corrected chi connectivity index (χ2v) is 9.42. The van der Waals surface area contributed by atoms with E-state index < -0.39 is 0 Å². The lowest BCUT2D eigenvalue weighted by Crippen LogP contribution is -2.42. The molecule has 1 amide bonds. The highest BCUT2D eigenvalue weighted by molar-refractivity contribution is 7.19. The molecule has 1 N–H and O–H groups in total. The largest absolute Gasteiger partial charge is 0.383 e. The first-order chi connectivity index (χ1) is 15.5. The monoisotopic (exact) mass is 450 g/mol. The van der Waals surface area contributed by atoms with E-state index in [1.807, 2.05) is 47.8 Å². The number of carbonyl (C=O) groups excluding carboxylic acids is 1. The van der Waals surface area contributed by atoms with Crippen LogP contribution in [0.4, 0.5) is 11.5 Å². The predicted molar refractivity (Wildman–Crippen MR) is 126 cm³/mol. The van der Waals surface area contributed by atoms with Gasteiger partial charge in [-0.25, -0.2) is 14.5 Å². The third-order valence-corrected chi connectivity index (χ3v) is 7.44. The molecule has 1 aliphatic carbocycles. The zero-order chi connectivity index (χ0) is 22.2. The topological polar surface area (TPSA) is 84.6 Å². The van der Waals surface area contributed by atoms with Crippen LogP contribution in [0.2, 0.25) is 0 Å². The summed E-state index contributed by atoms with van der Waals surface area (Å²) in [6.07, 6.45) is 7.74. The van der Waals surface area contributed by atoms with E-state index >= 15 is 0 Å². The molecule has 0 fully saturated rings. The molecule has 1 unspecified atom stereocenters. The number of carbonyl (C=O) groups is 1. The summed E-state index contributed by atoms with van der Waals surface area (Å²) in [5, 5.41) is 8.80. The SMILES string of the molecule is COC[C@H](C)N(C)C(=O)C1CCc2c(sc3ncnc(Nc4ccn5nccc5c4)c23)C1. The lowest BCUT2D eigenvalue weighted by molar-refractivity contribution is -0.137. The normalized spacial score (nSPS) is 16.8. The number of aromatic nitrogens is 4. The van der Waals surface area contributed by atoms with Gasteiger partial charge in [0.15, 0.2) is 0 Å². The first-order valence-corrected chi connectivity index (χ1v) is 11.6. The van der Waals surface area contributed by atoms with E-state index in [2.05, 4.69) is 20.4 Å². The molecular formula is C23H26N6O2S. The summed E-state index contributed by atoms with van der Waals surface area (Å²) >= 11 is 1.68.